The Morgan fingerprint density at radius 2 is 1.28 bits per heavy atom. The molecule has 81 heavy (non-hydrogen) atoms. The zero-order chi connectivity index (χ0) is 58.4. The number of carbonyl (C=O) groups excluding carboxylic acids is 9. The van der Waals surface area contributed by atoms with Crippen LogP contribution in [0.25, 0.3) is 10.9 Å². The number of primary amides is 1. The number of para-hydroxylation sites is 1. The fraction of sp³-hybridized carbons (Fsp3) is 0.446. The van der Waals surface area contributed by atoms with Crippen molar-refractivity contribution in [3.05, 3.63) is 108 Å². The zero-order valence-electron chi connectivity index (χ0n) is 45.5. The summed E-state index contributed by atoms with van der Waals surface area (Å²) in [7, 11) is 0. The first-order chi connectivity index (χ1) is 38.8. The molecule has 2 aliphatic rings. The Labute approximate surface area is 469 Å². The molecule has 0 bridgehead atoms. The molecule has 3 aromatic carbocycles. The molecule has 0 radical (unpaired) electrons. The van der Waals surface area contributed by atoms with Crippen molar-refractivity contribution in [3.63, 3.8) is 0 Å². The third kappa shape index (κ3) is 19.1. The van der Waals surface area contributed by atoms with E-state index >= 15 is 9.59 Å². The highest BCUT2D eigenvalue weighted by Crippen LogP contribution is 2.29. The Morgan fingerprint density at radius 3 is 1.95 bits per heavy atom. The smallest absolute Gasteiger partial charge is 0.246 e. The van der Waals surface area contributed by atoms with Gasteiger partial charge in [0, 0.05) is 63.0 Å². The number of hydrogen-bond donors (Lipinski definition) is 13. The lowest BCUT2D eigenvalue weighted by Crippen LogP contribution is -2.60. The maximum atomic E-state index is 15.2. The van der Waals surface area contributed by atoms with Gasteiger partial charge >= 0.3 is 0 Å². The highest BCUT2D eigenvalue weighted by atomic mass is 16.2. The molecule has 1 unspecified atom stereocenters. The van der Waals surface area contributed by atoms with Crippen LogP contribution in [-0.4, -0.2) is 143 Å². The lowest BCUT2D eigenvalue weighted by molar-refractivity contribution is -0.143. The molecule has 2 saturated heterocycles. The molecule has 3 heterocycles. The number of amides is 9. The summed E-state index contributed by atoms with van der Waals surface area (Å²) in [6.45, 7) is 1.46. The van der Waals surface area contributed by atoms with Crippen molar-refractivity contribution in [1.82, 2.24) is 47.1 Å². The maximum Gasteiger partial charge on any atom is 0.246 e. The number of aromatic amines is 1. The largest absolute Gasteiger partial charge is 0.370 e. The molecule has 18 N–H and O–H groups in total. The predicted octanol–water partition coefficient (Wildman–Crippen LogP) is -1.38. The van der Waals surface area contributed by atoms with Gasteiger partial charge < -0.3 is 75.8 Å². The number of guanidine groups is 2. The molecule has 2 aliphatic heterocycles. The zero-order valence-corrected chi connectivity index (χ0v) is 45.5. The Morgan fingerprint density at radius 1 is 0.691 bits per heavy atom. The molecule has 0 aliphatic carbocycles. The number of benzene rings is 3. The second-order valence-corrected chi connectivity index (χ2v) is 20.5. The van der Waals surface area contributed by atoms with Crippen LogP contribution in [0.5, 0.6) is 0 Å². The highest BCUT2D eigenvalue weighted by molar-refractivity contribution is 5.99. The van der Waals surface area contributed by atoms with E-state index in [1.807, 2.05) is 54.6 Å². The summed E-state index contributed by atoms with van der Waals surface area (Å²) < 4.78 is 0. The first kappa shape index (κ1) is 61.2. The third-order valence-corrected chi connectivity index (χ3v) is 14.1. The lowest BCUT2D eigenvalue weighted by atomic mass is 9.96. The van der Waals surface area contributed by atoms with Crippen LogP contribution in [-0.2, 0) is 62.4 Å². The van der Waals surface area contributed by atoms with Gasteiger partial charge in [0.15, 0.2) is 11.9 Å². The first-order valence-corrected chi connectivity index (χ1v) is 27.2. The molecular formula is C56H76N16O9. The van der Waals surface area contributed by atoms with Crippen molar-refractivity contribution in [1.29, 1.82) is 0 Å². The van der Waals surface area contributed by atoms with Crippen LogP contribution in [0.2, 0.25) is 0 Å². The van der Waals surface area contributed by atoms with E-state index in [1.54, 1.807) is 36.5 Å². The monoisotopic (exact) mass is 1120 g/mol. The van der Waals surface area contributed by atoms with Gasteiger partial charge in [-0.1, -0.05) is 78.9 Å². The number of carbonyl (C=O) groups is 9. The number of fused-ring (bicyclic) bond motifs is 2. The Balaban J connectivity index is 1.40. The summed E-state index contributed by atoms with van der Waals surface area (Å²) in [6, 6.07) is 16.3. The van der Waals surface area contributed by atoms with Crippen LogP contribution in [0.15, 0.2) is 101 Å². The van der Waals surface area contributed by atoms with Gasteiger partial charge in [-0.3, -0.25) is 53.1 Å². The summed E-state index contributed by atoms with van der Waals surface area (Å²) in [5, 5.41) is 20.1. The Hall–Kier alpha value is -9.03. The van der Waals surface area contributed by atoms with Crippen LogP contribution in [0, 0.1) is 5.92 Å². The van der Waals surface area contributed by atoms with E-state index in [2.05, 4.69) is 52.2 Å². The van der Waals surface area contributed by atoms with Gasteiger partial charge in [-0.05, 0) is 86.5 Å². The molecule has 1 aromatic heterocycles. The molecule has 0 spiro atoms. The number of nitrogens with zero attached hydrogens (tertiary/aromatic N) is 3. The van der Waals surface area contributed by atoms with Crippen LogP contribution < -0.4 is 65.9 Å². The second kappa shape index (κ2) is 30.4. The maximum absolute atomic E-state index is 15.2. The van der Waals surface area contributed by atoms with Crippen molar-refractivity contribution < 1.29 is 43.2 Å². The van der Waals surface area contributed by atoms with E-state index in [0.717, 1.165) is 16.5 Å². The van der Waals surface area contributed by atoms with Gasteiger partial charge in [-0.2, -0.15) is 0 Å². The van der Waals surface area contributed by atoms with E-state index in [0.29, 0.717) is 17.5 Å². The van der Waals surface area contributed by atoms with E-state index in [9.17, 15) is 33.6 Å². The Kier molecular flexibility index (Phi) is 22.9. The second-order valence-electron chi connectivity index (χ2n) is 20.5. The fourth-order valence-electron chi connectivity index (χ4n) is 10.1. The minimum Gasteiger partial charge on any atom is -0.370 e. The molecule has 9 amide bonds. The molecule has 434 valence electrons. The van der Waals surface area contributed by atoms with Crippen LogP contribution in [0.3, 0.4) is 0 Å². The van der Waals surface area contributed by atoms with E-state index in [-0.39, 0.29) is 108 Å². The van der Waals surface area contributed by atoms with Crippen LogP contribution >= 0.6 is 0 Å². The number of rotatable bonds is 18. The number of nitrogens with two attached hydrogens (primary N) is 5. The summed E-state index contributed by atoms with van der Waals surface area (Å²) in [4.78, 5) is 140. The SMILES string of the molecule is CC(=O)N[C@@H](CCCN=C(N)N)C(=O)N[C@H]1CC(=O)NCCCC[C@@H](C(N)=O)NC(=O)[C@H](Cc2c[nH]c3ccccc23)NC(=O)[C@H](CCCN=C(N)N)NC(=O)[C@@H](Cc2ccccc2)NC(=O)[C@@H]2CC(Cc3ccccc3)CN2C1=O. The van der Waals surface area contributed by atoms with Gasteiger partial charge in [0.25, 0.3) is 0 Å². The minimum absolute atomic E-state index is 0.00847. The van der Waals surface area contributed by atoms with Crippen LogP contribution in [0.1, 0.15) is 81.4 Å². The van der Waals surface area contributed by atoms with Gasteiger partial charge in [0.1, 0.15) is 42.3 Å². The van der Waals surface area contributed by atoms with Gasteiger partial charge in [0.05, 0.1) is 6.42 Å². The van der Waals surface area contributed by atoms with E-state index < -0.39 is 102 Å². The first-order valence-electron chi connectivity index (χ1n) is 27.2. The molecule has 25 nitrogen and oxygen atoms in total. The van der Waals surface area contributed by atoms with Crippen molar-refractivity contribution in [2.75, 3.05) is 26.2 Å². The molecule has 0 saturated carbocycles. The van der Waals surface area contributed by atoms with Crippen LogP contribution in [0.4, 0.5) is 0 Å². The number of nitrogens with one attached hydrogen (secondary N) is 8. The number of H-pyrrole nitrogens is 1. The minimum atomic E-state index is -1.58. The molecular weight excluding hydrogens is 1040 g/mol. The molecule has 4 aromatic rings. The van der Waals surface area contributed by atoms with Gasteiger partial charge in [0.2, 0.25) is 53.2 Å². The quantitative estimate of drug-likeness (QED) is 0.0311. The lowest BCUT2D eigenvalue weighted by Gasteiger charge is -2.31. The van der Waals surface area contributed by atoms with Crippen molar-refractivity contribution in [2.24, 2.45) is 44.6 Å². The number of hydrogen-bond acceptors (Lipinski definition) is 11. The van der Waals surface area contributed by atoms with Gasteiger partial charge in [-0.15, -0.1) is 0 Å². The van der Waals surface area contributed by atoms with E-state index in [1.165, 1.54) is 11.8 Å². The van der Waals surface area contributed by atoms with Crippen molar-refractivity contribution in [2.45, 2.75) is 126 Å². The predicted molar refractivity (Wildman–Crippen MR) is 304 cm³/mol. The number of aliphatic imine (C=N–C) groups is 2. The standard InChI is InChI=1S/C56H76N16O9/c1-33(73)66-41(21-12-24-63-55(58)59)49(76)71-45-30-47(74)62-23-11-10-20-40(48(57)75)67-52(79)44(29-37-31-65-39-19-9-8-18-38(37)39)69-50(77)42(22-13-25-64-56(60)61)68-51(78)43(27-35-16-6-3-7-17-35)70-53(80)46-28-36(32-72(46)54(45)81)26-34-14-4-2-5-15-34/h2-9,14-19,31,36,40-46,65H,10-13,20-30,32H2,1H3,(H2,57,75)(H,62,74)(H,66,73)(H,67,79)(H,68,78)(H,69,77)(H,70,80)(H,71,76)(H4,58,59,63)(H4,60,61,64)/t36?,40-,41-,42-,43+,44-,45-,46-/m0/s1. The van der Waals surface area contributed by atoms with Crippen molar-refractivity contribution >= 4 is 76.0 Å². The topological polar surface area (TPSA) is 412 Å². The van der Waals surface area contributed by atoms with E-state index in [4.69, 9.17) is 28.7 Å². The molecule has 8 atom stereocenters. The van der Waals surface area contributed by atoms with Crippen molar-refractivity contribution in [3.8, 4) is 0 Å². The summed E-state index contributed by atoms with van der Waals surface area (Å²) in [5.74, 6) is -7.36. The van der Waals surface area contributed by atoms with Gasteiger partial charge in [-0.25, -0.2) is 0 Å². The average Bonchev–Trinajstić information content (AvgIpc) is 4.20. The Bertz CT molecular complexity index is 2890. The highest BCUT2D eigenvalue weighted by Gasteiger charge is 2.44. The molecule has 2 fully saturated rings. The average molecular weight is 1120 g/mol. The molecule has 6 rings (SSSR count). The normalized spacial score (nSPS) is 22.1. The summed E-state index contributed by atoms with van der Waals surface area (Å²) in [5.41, 5.74) is 31.1. The molecule has 25 heteroatoms. The summed E-state index contributed by atoms with van der Waals surface area (Å²) in [6.07, 6.45) is 2.51. The third-order valence-electron chi connectivity index (χ3n) is 14.1. The summed E-state index contributed by atoms with van der Waals surface area (Å²) >= 11 is 0. The number of aromatic nitrogens is 1. The fourth-order valence-corrected chi connectivity index (χ4v) is 10.1.